The van der Waals surface area contributed by atoms with Gasteiger partial charge in [-0.3, -0.25) is 9.59 Å². The zero-order valence-electron chi connectivity index (χ0n) is 17.3. The summed E-state index contributed by atoms with van der Waals surface area (Å²) in [5.74, 6) is -0.989. The second kappa shape index (κ2) is 7.32. The number of ketones is 1. The number of carbonyl (C=O) groups is 2. The first-order valence-corrected chi connectivity index (χ1v) is 11.2. The van der Waals surface area contributed by atoms with Crippen molar-refractivity contribution in [3.05, 3.63) is 112 Å². The summed E-state index contributed by atoms with van der Waals surface area (Å²) in [7, 11) is 0. The van der Waals surface area contributed by atoms with Crippen LogP contribution in [0.5, 0.6) is 0 Å². The summed E-state index contributed by atoms with van der Waals surface area (Å²) in [6.07, 6.45) is 0.352. The molecule has 1 aliphatic carbocycles. The van der Waals surface area contributed by atoms with Gasteiger partial charge in [0.15, 0.2) is 0 Å². The summed E-state index contributed by atoms with van der Waals surface area (Å²) in [6.45, 7) is 0.450. The van der Waals surface area contributed by atoms with Gasteiger partial charge >= 0.3 is 0 Å². The molecule has 4 aromatic carbocycles. The maximum Gasteiger partial charge on any atom is 0.236 e. The molecule has 2 aliphatic rings. The van der Waals surface area contributed by atoms with Gasteiger partial charge in [0, 0.05) is 17.1 Å². The molecule has 0 bridgehead atoms. The molecule has 0 fully saturated rings. The molecule has 0 radical (unpaired) electrons. The summed E-state index contributed by atoms with van der Waals surface area (Å²) in [4.78, 5) is 29.1. The van der Waals surface area contributed by atoms with E-state index >= 15 is 0 Å². The highest BCUT2D eigenvalue weighted by molar-refractivity contribution is 6.31. The van der Waals surface area contributed by atoms with Crippen LogP contribution in [0, 0.1) is 0 Å². The molecule has 32 heavy (non-hydrogen) atoms. The Morgan fingerprint density at radius 2 is 1.59 bits per heavy atom. The third kappa shape index (κ3) is 2.89. The summed E-state index contributed by atoms with van der Waals surface area (Å²) >= 11 is 6.33. The van der Waals surface area contributed by atoms with Crippen LogP contribution >= 0.6 is 11.6 Å². The number of rotatable bonds is 3. The van der Waals surface area contributed by atoms with E-state index in [1.54, 1.807) is 4.90 Å². The van der Waals surface area contributed by atoms with Crippen LogP contribution < -0.4 is 4.90 Å². The van der Waals surface area contributed by atoms with Crippen LogP contribution in [0.4, 0.5) is 5.69 Å². The van der Waals surface area contributed by atoms with Crippen molar-refractivity contribution < 1.29 is 9.59 Å². The van der Waals surface area contributed by atoms with Crippen LogP contribution in [0.1, 0.15) is 34.1 Å². The molecule has 2 atom stereocenters. The number of Topliss-reactive ketones (excluding diaryl/α,β-unsaturated/α-hetero) is 1. The minimum Gasteiger partial charge on any atom is -0.307 e. The van der Waals surface area contributed by atoms with E-state index < -0.39 is 11.8 Å². The SMILES string of the molecule is O=C1Cc2cccc3cccc(c23)C1C1C(=O)N(Cc2ccccc2)c2cc(Cl)ccc21. The Kier molecular flexibility index (Phi) is 4.41. The third-order valence-corrected chi connectivity index (χ3v) is 6.97. The summed E-state index contributed by atoms with van der Waals surface area (Å²) in [5.41, 5.74) is 4.72. The molecule has 6 rings (SSSR count). The minimum absolute atomic E-state index is 0.0409. The fraction of sp³-hybridized carbons (Fsp3) is 0.143. The largest absolute Gasteiger partial charge is 0.307 e. The molecule has 0 aromatic heterocycles. The zero-order chi connectivity index (χ0) is 21.8. The van der Waals surface area contributed by atoms with Crippen molar-refractivity contribution in [3.8, 4) is 0 Å². The van der Waals surface area contributed by atoms with Crippen molar-refractivity contribution >= 4 is 39.8 Å². The number of hydrogen-bond acceptors (Lipinski definition) is 2. The Bertz CT molecular complexity index is 1390. The molecule has 156 valence electrons. The average Bonchev–Trinajstić information content (AvgIpc) is 3.06. The average molecular weight is 438 g/mol. The summed E-state index contributed by atoms with van der Waals surface area (Å²) in [5, 5.41) is 2.81. The minimum atomic E-state index is -0.544. The number of halogens is 1. The molecule has 4 heteroatoms. The Hall–Kier alpha value is -3.43. The van der Waals surface area contributed by atoms with Gasteiger partial charge in [-0.2, -0.15) is 0 Å². The van der Waals surface area contributed by atoms with Crippen molar-refractivity contribution in [1.82, 2.24) is 0 Å². The lowest BCUT2D eigenvalue weighted by Gasteiger charge is -2.29. The second-order valence-electron chi connectivity index (χ2n) is 8.57. The lowest BCUT2D eigenvalue weighted by atomic mass is 9.72. The first-order valence-electron chi connectivity index (χ1n) is 10.8. The molecule has 0 spiro atoms. The second-order valence-corrected chi connectivity index (χ2v) is 9.01. The molecular formula is C28H20ClNO2. The van der Waals surface area contributed by atoms with Crippen molar-refractivity contribution in [2.45, 2.75) is 24.8 Å². The quantitative estimate of drug-likeness (QED) is 0.392. The Labute approximate surface area is 191 Å². The van der Waals surface area contributed by atoms with Crippen LogP contribution in [0.2, 0.25) is 5.02 Å². The highest BCUT2D eigenvalue weighted by Crippen LogP contribution is 2.50. The van der Waals surface area contributed by atoms with Gasteiger partial charge in [-0.15, -0.1) is 0 Å². The van der Waals surface area contributed by atoms with Crippen LogP contribution in [-0.4, -0.2) is 11.7 Å². The molecular weight excluding hydrogens is 418 g/mol. The first kappa shape index (κ1) is 19.3. The number of fused-ring (bicyclic) bond motifs is 1. The van der Waals surface area contributed by atoms with Gasteiger partial charge < -0.3 is 4.90 Å². The summed E-state index contributed by atoms with van der Waals surface area (Å²) < 4.78 is 0. The number of nitrogens with zero attached hydrogens (tertiary/aromatic N) is 1. The molecule has 1 aliphatic heterocycles. The van der Waals surface area contributed by atoms with Crippen molar-refractivity contribution in [3.63, 3.8) is 0 Å². The third-order valence-electron chi connectivity index (χ3n) is 6.74. The summed E-state index contributed by atoms with van der Waals surface area (Å²) in [6, 6.07) is 27.6. The lowest BCUT2D eigenvalue weighted by Crippen LogP contribution is -2.34. The highest BCUT2D eigenvalue weighted by Gasteiger charge is 2.46. The molecule has 0 saturated heterocycles. The number of carbonyl (C=O) groups excluding carboxylic acids is 2. The molecule has 1 heterocycles. The monoisotopic (exact) mass is 437 g/mol. The van der Waals surface area contributed by atoms with E-state index in [4.69, 9.17) is 11.6 Å². The topological polar surface area (TPSA) is 37.4 Å². The van der Waals surface area contributed by atoms with Crippen LogP contribution in [0.25, 0.3) is 10.8 Å². The van der Waals surface area contributed by atoms with Gasteiger partial charge in [-0.05, 0) is 45.2 Å². The normalized spacial score (nSPS) is 19.5. The van der Waals surface area contributed by atoms with E-state index in [2.05, 4.69) is 12.1 Å². The highest BCUT2D eigenvalue weighted by atomic mass is 35.5. The van der Waals surface area contributed by atoms with E-state index in [0.717, 1.165) is 38.7 Å². The van der Waals surface area contributed by atoms with Crippen LogP contribution in [0.15, 0.2) is 84.9 Å². The van der Waals surface area contributed by atoms with Gasteiger partial charge in [0.2, 0.25) is 5.91 Å². The standard InChI is InChI=1S/C28H20ClNO2/c29-20-12-13-21-23(15-20)30(16-17-6-2-1-3-7-17)28(32)27(21)26-22-11-5-9-18-8-4-10-19(25(18)22)14-24(26)31/h1-13,15,26-27H,14,16H2. The zero-order valence-corrected chi connectivity index (χ0v) is 18.0. The molecule has 1 amide bonds. The van der Waals surface area contributed by atoms with Crippen molar-refractivity contribution in [2.24, 2.45) is 0 Å². The Morgan fingerprint density at radius 3 is 2.41 bits per heavy atom. The van der Waals surface area contributed by atoms with Crippen molar-refractivity contribution in [1.29, 1.82) is 0 Å². The Morgan fingerprint density at radius 1 is 0.812 bits per heavy atom. The maximum atomic E-state index is 13.9. The van der Waals surface area contributed by atoms with Crippen molar-refractivity contribution in [2.75, 3.05) is 4.90 Å². The predicted molar refractivity (Wildman–Crippen MR) is 127 cm³/mol. The number of hydrogen-bond donors (Lipinski definition) is 0. The van der Waals surface area contributed by atoms with Crippen LogP contribution in [-0.2, 0) is 22.6 Å². The number of amides is 1. The van der Waals surface area contributed by atoms with Gasteiger partial charge in [0.05, 0.1) is 18.4 Å². The molecule has 3 nitrogen and oxygen atoms in total. The number of anilines is 1. The fourth-order valence-corrected chi connectivity index (χ4v) is 5.54. The van der Waals surface area contributed by atoms with E-state index in [1.165, 1.54) is 0 Å². The van der Waals surface area contributed by atoms with Gasteiger partial charge in [0.1, 0.15) is 5.78 Å². The molecule has 0 N–H and O–H groups in total. The van der Waals surface area contributed by atoms with Gasteiger partial charge in [0.25, 0.3) is 0 Å². The van der Waals surface area contributed by atoms with Crippen LogP contribution in [0.3, 0.4) is 0 Å². The molecule has 2 unspecified atom stereocenters. The predicted octanol–water partition coefficient (Wildman–Crippen LogP) is 6.03. The Balaban J connectivity index is 1.51. The maximum absolute atomic E-state index is 13.9. The van der Waals surface area contributed by atoms with E-state index in [1.807, 2.05) is 72.8 Å². The van der Waals surface area contributed by atoms with Gasteiger partial charge in [-0.25, -0.2) is 0 Å². The van der Waals surface area contributed by atoms with E-state index in [-0.39, 0.29) is 11.7 Å². The first-order chi connectivity index (χ1) is 15.6. The fourth-order valence-electron chi connectivity index (χ4n) is 5.38. The van der Waals surface area contributed by atoms with Gasteiger partial charge in [-0.1, -0.05) is 84.4 Å². The lowest BCUT2D eigenvalue weighted by molar-refractivity contribution is -0.126. The molecule has 0 saturated carbocycles. The van der Waals surface area contributed by atoms with E-state index in [9.17, 15) is 9.59 Å². The molecule has 4 aromatic rings. The van der Waals surface area contributed by atoms with E-state index in [0.29, 0.717) is 18.0 Å². The smallest absolute Gasteiger partial charge is 0.236 e. The number of benzene rings is 4.